The molecule has 0 aromatic heterocycles. The van der Waals surface area contributed by atoms with Crippen LogP contribution in [0, 0.1) is 0 Å². The summed E-state index contributed by atoms with van der Waals surface area (Å²) in [7, 11) is -4.64. The molecule has 0 amide bonds. The van der Waals surface area contributed by atoms with Gasteiger partial charge in [-0.15, -0.1) is 3.89 Å². The molecule has 0 aliphatic heterocycles. The van der Waals surface area contributed by atoms with E-state index in [4.69, 9.17) is 0 Å². The number of hydrogen-bond acceptors (Lipinski definition) is 2. The van der Waals surface area contributed by atoms with Crippen molar-refractivity contribution in [2.45, 2.75) is 31.4 Å². The minimum absolute atomic E-state index is 0.177. The number of alkyl halides is 1. The Morgan fingerprint density at radius 3 is 2.09 bits per heavy atom. The van der Waals surface area contributed by atoms with Gasteiger partial charge in [-0.3, -0.25) is 0 Å². The molecule has 66 valence electrons. The van der Waals surface area contributed by atoms with Gasteiger partial charge >= 0.3 is 10.2 Å². The summed E-state index contributed by atoms with van der Waals surface area (Å²) in [6.07, 6.45) is 1.67. The van der Waals surface area contributed by atoms with E-state index in [1.165, 1.54) is 0 Å². The van der Waals surface area contributed by atoms with E-state index in [9.17, 15) is 16.7 Å². The van der Waals surface area contributed by atoms with E-state index >= 15 is 0 Å². The van der Waals surface area contributed by atoms with Crippen LogP contribution in [0.15, 0.2) is 0 Å². The lowest BCUT2D eigenvalue weighted by Gasteiger charge is -2.14. The molecule has 5 heteroatoms. The van der Waals surface area contributed by atoms with Crippen LogP contribution in [0.4, 0.5) is 8.28 Å². The Morgan fingerprint density at radius 2 is 1.73 bits per heavy atom. The van der Waals surface area contributed by atoms with Crippen LogP contribution in [0.2, 0.25) is 0 Å². The van der Waals surface area contributed by atoms with Gasteiger partial charge in [0.15, 0.2) is 0 Å². The molecule has 0 aromatic carbocycles. The van der Waals surface area contributed by atoms with Crippen molar-refractivity contribution in [2.24, 2.45) is 0 Å². The van der Waals surface area contributed by atoms with Gasteiger partial charge in [0.1, 0.15) is 11.4 Å². The molecule has 0 aromatic rings. The maximum atomic E-state index is 13.2. The molecule has 1 rings (SSSR count). The van der Waals surface area contributed by atoms with E-state index < -0.39 is 21.6 Å². The van der Waals surface area contributed by atoms with Gasteiger partial charge in [0.05, 0.1) is 0 Å². The average molecular weight is 184 g/mol. The standard InChI is InChI=1S/C6H10F2O2S/c7-6(3-1-2-4-6)5-11(8,9)10/h1-5H2. The number of halogens is 2. The van der Waals surface area contributed by atoms with Crippen molar-refractivity contribution < 1.29 is 16.7 Å². The van der Waals surface area contributed by atoms with Gasteiger partial charge in [-0.05, 0) is 12.8 Å². The monoisotopic (exact) mass is 184 g/mol. The molecule has 11 heavy (non-hydrogen) atoms. The Balaban J connectivity index is 2.60. The summed E-state index contributed by atoms with van der Waals surface area (Å²) in [6, 6.07) is 0. The van der Waals surface area contributed by atoms with E-state index in [2.05, 4.69) is 0 Å². The van der Waals surface area contributed by atoms with Crippen LogP contribution in [0.3, 0.4) is 0 Å². The summed E-state index contributed by atoms with van der Waals surface area (Å²) >= 11 is 0. The van der Waals surface area contributed by atoms with Crippen LogP contribution < -0.4 is 0 Å². The fraction of sp³-hybridized carbons (Fsp3) is 1.00. The Labute approximate surface area is 64.8 Å². The lowest BCUT2D eigenvalue weighted by molar-refractivity contribution is 0.201. The van der Waals surface area contributed by atoms with Crippen LogP contribution in [-0.2, 0) is 10.2 Å². The maximum absolute atomic E-state index is 13.2. The fourth-order valence-electron chi connectivity index (χ4n) is 1.46. The van der Waals surface area contributed by atoms with Crippen LogP contribution in [-0.4, -0.2) is 19.8 Å². The molecule has 0 radical (unpaired) electrons. The molecule has 1 fully saturated rings. The quantitative estimate of drug-likeness (QED) is 0.610. The summed E-state index contributed by atoms with van der Waals surface area (Å²) in [6.45, 7) is 0. The second-order valence-electron chi connectivity index (χ2n) is 3.04. The highest BCUT2D eigenvalue weighted by atomic mass is 32.3. The van der Waals surface area contributed by atoms with Gasteiger partial charge < -0.3 is 0 Å². The zero-order chi connectivity index (χ0) is 8.54. The smallest absolute Gasteiger partial charge is 0.243 e. The highest BCUT2D eigenvalue weighted by Gasteiger charge is 2.38. The molecule has 1 aliphatic carbocycles. The minimum Gasteiger partial charge on any atom is -0.243 e. The summed E-state index contributed by atoms with van der Waals surface area (Å²) in [4.78, 5) is 0. The highest BCUT2D eigenvalue weighted by Crippen LogP contribution is 2.34. The predicted octanol–water partition coefficient (Wildman–Crippen LogP) is 1.57. The zero-order valence-corrected chi connectivity index (χ0v) is 6.83. The largest absolute Gasteiger partial charge is 0.305 e. The number of hydrogen-bond donors (Lipinski definition) is 0. The Bertz CT molecular complexity index is 229. The van der Waals surface area contributed by atoms with E-state index in [0.29, 0.717) is 12.8 Å². The molecule has 0 atom stereocenters. The molecular weight excluding hydrogens is 174 g/mol. The zero-order valence-electron chi connectivity index (χ0n) is 6.02. The van der Waals surface area contributed by atoms with Gasteiger partial charge in [-0.1, -0.05) is 12.8 Å². The fourth-order valence-corrected chi connectivity index (χ4v) is 2.37. The van der Waals surface area contributed by atoms with Gasteiger partial charge in [-0.2, -0.15) is 8.42 Å². The molecule has 0 bridgehead atoms. The first-order valence-electron chi connectivity index (χ1n) is 3.53. The van der Waals surface area contributed by atoms with Crippen LogP contribution in [0.1, 0.15) is 25.7 Å². The van der Waals surface area contributed by atoms with Crippen LogP contribution >= 0.6 is 0 Å². The Kier molecular flexibility index (Phi) is 2.18. The second kappa shape index (κ2) is 2.69. The first kappa shape index (κ1) is 8.90. The third-order valence-electron chi connectivity index (χ3n) is 1.93. The molecule has 0 heterocycles. The molecular formula is C6H10F2O2S. The lowest BCUT2D eigenvalue weighted by atomic mass is 10.1. The normalized spacial score (nSPS) is 23.8. The topological polar surface area (TPSA) is 34.1 Å². The lowest BCUT2D eigenvalue weighted by Crippen LogP contribution is -2.27. The third-order valence-corrected chi connectivity index (χ3v) is 2.79. The third kappa shape index (κ3) is 2.73. The predicted molar refractivity (Wildman–Crippen MR) is 37.2 cm³/mol. The Hall–Kier alpha value is -0.190. The minimum atomic E-state index is -4.64. The van der Waals surface area contributed by atoms with Crippen molar-refractivity contribution in [3.8, 4) is 0 Å². The van der Waals surface area contributed by atoms with Crippen molar-refractivity contribution in [2.75, 3.05) is 5.75 Å². The summed E-state index contributed by atoms with van der Waals surface area (Å²) in [5.41, 5.74) is -1.78. The average Bonchev–Trinajstić information content (AvgIpc) is 2.09. The molecule has 0 spiro atoms. The van der Waals surface area contributed by atoms with Crippen LogP contribution in [0.25, 0.3) is 0 Å². The first-order chi connectivity index (χ1) is 4.91. The van der Waals surface area contributed by atoms with Crippen molar-refractivity contribution in [1.82, 2.24) is 0 Å². The van der Waals surface area contributed by atoms with Crippen molar-refractivity contribution in [3.05, 3.63) is 0 Å². The molecule has 0 saturated heterocycles. The Morgan fingerprint density at radius 1 is 1.27 bits per heavy atom. The van der Waals surface area contributed by atoms with E-state index in [0.717, 1.165) is 0 Å². The van der Waals surface area contributed by atoms with Gasteiger partial charge in [0.25, 0.3) is 0 Å². The van der Waals surface area contributed by atoms with E-state index in [-0.39, 0.29) is 12.8 Å². The van der Waals surface area contributed by atoms with Crippen LogP contribution in [0.5, 0.6) is 0 Å². The van der Waals surface area contributed by atoms with Crippen molar-refractivity contribution in [1.29, 1.82) is 0 Å². The highest BCUT2D eigenvalue weighted by molar-refractivity contribution is 7.86. The molecule has 2 nitrogen and oxygen atoms in total. The first-order valence-corrected chi connectivity index (χ1v) is 5.08. The molecule has 0 unspecified atom stereocenters. The van der Waals surface area contributed by atoms with E-state index in [1.54, 1.807) is 0 Å². The summed E-state index contributed by atoms with van der Waals surface area (Å²) in [5, 5.41) is 0. The molecule has 0 N–H and O–H groups in total. The molecule has 1 saturated carbocycles. The maximum Gasteiger partial charge on any atom is 0.305 e. The summed E-state index contributed by atoms with van der Waals surface area (Å²) < 4.78 is 45.4. The van der Waals surface area contributed by atoms with Crippen molar-refractivity contribution in [3.63, 3.8) is 0 Å². The van der Waals surface area contributed by atoms with Gasteiger partial charge in [0, 0.05) is 0 Å². The molecule has 1 aliphatic rings. The second-order valence-corrected chi connectivity index (χ2v) is 4.41. The van der Waals surface area contributed by atoms with Crippen molar-refractivity contribution >= 4 is 10.2 Å². The SMILES string of the molecule is O=S(=O)(F)CC1(F)CCCC1. The summed E-state index contributed by atoms with van der Waals surface area (Å²) in [5.74, 6) is -0.958. The number of rotatable bonds is 2. The van der Waals surface area contributed by atoms with E-state index in [1.807, 2.05) is 0 Å². The van der Waals surface area contributed by atoms with Gasteiger partial charge in [-0.25, -0.2) is 4.39 Å². The van der Waals surface area contributed by atoms with Gasteiger partial charge in [0.2, 0.25) is 0 Å².